The van der Waals surface area contributed by atoms with Gasteiger partial charge >= 0.3 is 12.1 Å². The zero-order valence-electron chi connectivity index (χ0n) is 19.5. The molecule has 8 nitrogen and oxygen atoms in total. The maximum atomic E-state index is 12.6. The van der Waals surface area contributed by atoms with E-state index >= 15 is 0 Å². The third kappa shape index (κ3) is 6.03. The van der Waals surface area contributed by atoms with E-state index in [-0.39, 0.29) is 6.42 Å². The molecule has 36 heavy (non-hydrogen) atoms. The van der Waals surface area contributed by atoms with Crippen LogP contribution in [0, 0.1) is 6.92 Å². The van der Waals surface area contributed by atoms with Gasteiger partial charge in [-0.1, -0.05) is 47.1 Å². The van der Waals surface area contributed by atoms with Gasteiger partial charge in [0.05, 0.1) is 6.42 Å². The van der Waals surface area contributed by atoms with Crippen molar-refractivity contribution in [2.24, 2.45) is 0 Å². The zero-order valence-corrected chi connectivity index (χ0v) is 20.3. The summed E-state index contributed by atoms with van der Waals surface area (Å²) < 4.78 is 16.6. The van der Waals surface area contributed by atoms with Crippen molar-refractivity contribution in [1.29, 1.82) is 0 Å². The number of carboxylic acids is 1. The van der Waals surface area contributed by atoms with Gasteiger partial charge in [0.15, 0.2) is 5.76 Å². The average molecular weight is 507 g/mol. The van der Waals surface area contributed by atoms with Gasteiger partial charge in [0.2, 0.25) is 0 Å². The molecular formula is C27H23ClN2O6. The third-order valence-corrected chi connectivity index (χ3v) is 5.70. The molecular weight excluding hydrogens is 484 g/mol. The highest BCUT2D eigenvalue weighted by Gasteiger charge is 2.20. The monoisotopic (exact) mass is 506 g/mol. The van der Waals surface area contributed by atoms with Crippen LogP contribution in [0.5, 0.6) is 11.5 Å². The molecule has 2 N–H and O–H groups in total. The largest absolute Gasteiger partial charge is 0.481 e. The maximum absolute atomic E-state index is 12.6. The Labute approximate surface area is 212 Å². The van der Waals surface area contributed by atoms with Gasteiger partial charge in [-0.05, 0) is 61.9 Å². The number of benzene rings is 3. The number of nitrogens with zero attached hydrogens (tertiary/aromatic N) is 1. The van der Waals surface area contributed by atoms with Crippen molar-refractivity contribution >= 4 is 29.4 Å². The number of hydrogen-bond donors (Lipinski definition) is 2. The van der Waals surface area contributed by atoms with Crippen LogP contribution in [-0.2, 0) is 16.0 Å². The van der Waals surface area contributed by atoms with Crippen LogP contribution in [0.3, 0.4) is 0 Å². The molecule has 1 atom stereocenters. The summed E-state index contributed by atoms with van der Waals surface area (Å²) in [5.41, 5.74) is 2.93. The maximum Gasteiger partial charge on any atom is 0.412 e. The first kappa shape index (κ1) is 24.8. The number of aryl methyl sites for hydroxylation is 1. The summed E-state index contributed by atoms with van der Waals surface area (Å²) in [6, 6.07) is 21.1. The molecule has 1 aromatic heterocycles. The number of carboxylic acid groups (broad SMARTS) is 1. The Morgan fingerprint density at radius 3 is 2.31 bits per heavy atom. The van der Waals surface area contributed by atoms with Crippen molar-refractivity contribution in [3.63, 3.8) is 0 Å². The number of aromatic nitrogens is 1. The van der Waals surface area contributed by atoms with Crippen molar-refractivity contribution in [2.75, 3.05) is 5.32 Å². The predicted octanol–water partition coefficient (Wildman–Crippen LogP) is 7.03. The van der Waals surface area contributed by atoms with E-state index in [0.29, 0.717) is 50.4 Å². The number of hydrogen-bond acceptors (Lipinski definition) is 6. The molecule has 0 aliphatic heterocycles. The third-order valence-electron chi connectivity index (χ3n) is 5.36. The van der Waals surface area contributed by atoms with Crippen LogP contribution in [0.2, 0.25) is 5.02 Å². The van der Waals surface area contributed by atoms with Crippen LogP contribution < -0.4 is 10.1 Å². The van der Waals surface area contributed by atoms with E-state index in [4.69, 9.17) is 30.7 Å². The Balaban J connectivity index is 1.43. The van der Waals surface area contributed by atoms with Crippen molar-refractivity contribution in [3.05, 3.63) is 94.7 Å². The van der Waals surface area contributed by atoms with Gasteiger partial charge in [-0.2, -0.15) is 0 Å². The molecule has 3 aromatic carbocycles. The standard InChI is InChI=1S/C27H23ClN2O6/c1-16(22-5-3-4-6-23(22)28)34-27(33)29-25-17(2)36-30-26(25)19-9-13-21(14-10-19)35-20-11-7-18(8-12-20)15-24(31)32/h3-14,16H,15H2,1-2H3,(H,29,33)(H,31,32)/t16-/m1/s1. The minimum absolute atomic E-state index is 0.0467. The van der Waals surface area contributed by atoms with E-state index in [2.05, 4.69) is 10.5 Å². The molecule has 0 saturated heterocycles. The number of nitrogens with one attached hydrogen (secondary N) is 1. The Bertz CT molecular complexity index is 1370. The normalized spacial score (nSPS) is 11.5. The van der Waals surface area contributed by atoms with Crippen molar-refractivity contribution in [2.45, 2.75) is 26.4 Å². The smallest absolute Gasteiger partial charge is 0.412 e. The predicted molar refractivity (Wildman–Crippen MR) is 135 cm³/mol. The quantitative estimate of drug-likeness (QED) is 0.264. The molecule has 4 rings (SSSR count). The van der Waals surface area contributed by atoms with E-state index in [1.54, 1.807) is 80.6 Å². The fraction of sp³-hybridized carbons (Fsp3) is 0.148. The van der Waals surface area contributed by atoms with Crippen molar-refractivity contribution in [1.82, 2.24) is 5.16 Å². The lowest BCUT2D eigenvalue weighted by molar-refractivity contribution is -0.136. The van der Waals surface area contributed by atoms with Crippen LogP contribution in [0.4, 0.5) is 10.5 Å². The summed E-state index contributed by atoms with van der Waals surface area (Å²) in [6.45, 7) is 3.43. The highest BCUT2D eigenvalue weighted by Crippen LogP contribution is 2.33. The lowest BCUT2D eigenvalue weighted by Crippen LogP contribution is -2.17. The molecule has 0 saturated carbocycles. The molecule has 4 aromatic rings. The van der Waals surface area contributed by atoms with E-state index in [1.165, 1.54) is 0 Å². The highest BCUT2D eigenvalue weighted by molar-refractivity contribution is 6.31. The highest BCUT2D eigenvalue weighted by atomic mass is 35.5. The fourth-order valence-corrected chi connectivity index (χ4v) is 3.83. The first-order chi connectivity index (χ1) is 17.3. The Morgan fingerprint density at radius 2 is 1.67 bits per heavy atom. The molecule has 184 valence electrons. The minimum Gasteiger partial charge on any atom is -0.481 e. The summed E-state index contributed by atoms with van der Waals surface area (Å²) in [5.74, 6) is 0.688. The molecule has 9 heteroatoms. The molecule has 0 spiro atoms. The fourth-order valence-electron chi connectivity index (χ4n) is 3.54. The number of amides is 1. The number of carbonyl (C=O) groups is 2. The number of halogens is 1. The van der Waals surface area contributed by atoms with Crippen molar-refractivity contribution < 1.29 is 28.7 Å². The van der Waals surface area contributed by atoms with Gasteiger partial charge in [-0.3, -0.25) is 10.1 Å². The van der Waals surface area contributed by atoms with E-state index in [1.807, 2.05) is 6.07 Å². The Hall–Kier alpha value is -4.30. The molecule has 0 aliphatic carbocycles. The second-order valence-corrected chi connectivity index (χ2v) is 8.40. The Morgan fingerprint density at radius 1 is 1.03 bits per heavy atom. The number of ether oxygens (including phenoxy) is 2. The van der Waals surface area contributed by atoms with Crippen LogP contribution in [-0.4, -0.2) is 22.3 Å². The molecule has 1 heterocycles. The van der Waals surface area contributed by atoms with Crippen molar-refractivity contribution in [3.8, 4) is 22.8 Å². The topological polar surface area (TPSA) is 111 Å². The lowest BCUT2D eigenvalue weighted by atomic mass is 10.1. The van der Waals surface area contributed by atoms with Gasteiger partial charge < -0.3 is 19.1 Å². The molecule has 0 radical (unpaired) electrons. The molecule has 0 fully saturated rings. The SMILES string of the molecule is Cc1onc(-c2ccc(Oc3ccc(CC(=O)O)cc3)cc2)c1NC(=O)O[C@H](C)c1ccccc1Cl. The van der Waals surface area contributed by atoms with E-state index in [9.17, 15) is 9.59 Å². The molecule has 0 unspecified atom stereocenters. The average Bonchev–Trinajstić information content (AvgIpc) is 3.20. The van der Waals surface area contributed by atoms with E-state index in [0.717, 1.165) is 0 Å². The number of anilines is 1. The van der Waals surface area contributed by atoms with Gasteiger partial charge in [0.1, 0.15) is 29.0 Å². The zero-order chi connectivity index (χ0) is 25.7. The van der Waals surface area contributed by atoms with Gasteiger partial charge in [-0.15, -0.1) is 0 Å². The molecule has 0 bridgehead atoms. The van der Waals surface area contributed by atoms with Gasteiger partial charge in [0.25, 0.3) is 0 Å². The Kier molecular flexibility index (Phi) is 7.56. The second kappa shape index (κ2) is 11.0. The first-order valence-electron chi connectivity index (χ1n) is 11.1. The molecule has 1 amide bonds. The summed E-state index contributed by atoms with van der Waals surface area (Å²) in [6.07, 6.45) is -1.27. The summed E-state index contributed by atoms with van der Waals surface area (Å²) >= 11 is 6.20. The van der Waals surface area contributed by atoms with Gasteiger partial charge in [0, 0.05) is 16.1 Å². The van der Waals surface area contributed by atoms with Gasteiger partial charge in [-0.25, -0.2) is 4.79 Å². The van der Waals surface area contributed by atoms with Crippen LogP contribution in [0.1, 0.15) is 29.9 Å². The summed E-state index contributed by atoms with van der Waals surface area (Å²) in [4.78, 5) is 23.4. The van der Waals surface area contributed by atoms with Crippen LogP contribution in [0.25, 0.3) is 11.3 Å². The minimum atomic E-state index is -0.889. The first-order valence-corrected chi connectivity index (χ1v) is 11.5. The number of carbonyl (C=O) groups excluding carboxylic acids is 1. The van der Waals surface area contributed by atoms with Crippen LogP contribution >= 0.6 is 11.6 Å². The number of rotatable bonds is 8. The summed E-state index contributed by atoms with van der Waals surface area (Å²) in [5, 5.41) is 16.2. The second-order valence-electron chi connectivity index (χ2n) is 8.00. The molecule has 0 aliphatic rings. The summed E-state index contributed by atoms with van der Waals surface area (Å²) in [7, 11) is 0. The van der Waals surface area contributed by atoms with Crippen LogP contribution in [0.15, 0.2) is 77.3 Å². The lowest BCUT2D eigenvalue weighted by Gasteiger charge is -2.15. The number of aliphatic carboxylic acids is 1. The van der Waals surface area contributed by atoms with E-state index < -0.39 is 18.2 Å².